The minimum absolute atomic E-state index is 0.105. The van der Waals surface area contributed by atoms with Gasteiger partial charge in [-0.05, 0) is 19.4 Å². The molecule has 0 unspecified atom stereocenters. The SMILES string of the molecule is COCc1c(O)n(-c2cnn(Cc3c(C)noc3C)c2)c(=O)n1Cc1ccccc1. The summed E-state index contributed by atoms with van der Waals surface area (Å²) in [6.07, 6.45) is 3.25. The second kappa shape index (κ2) is 8.03. The van der Waals surface area contributed by atoms with Crippen LogP contribution < -0.4 is 5.69 Å². The van der Waals surface area contributed by atoms with Gasteiger partial charge in [-0.2, -0.15) is 5.10 Å². The standard InChI is InChI=1S/C21H23N5O4/c1-14-18(15(2)30-23-14)12-24-11-17(9-22-24)26-20(27)19(13-29-3)25(21(26)28)10-16-7-5-4-6-8-16/h4-9,11,27H,10,12-13H2,1-3H3. The third kappa shape index (κ3) is 3.55. The number of imidazole rings is 1. The predicted molar refractivity (Wildman–Crippen MR) is 109 cm³/mol. The van der Waals surface area contributed by atoms with Crippen LogP contribution in [0, 0.1) is 13.8 Å². The van der Waals surface area contributed by atoms with Gasteiger partial charge < -0.3 is 14.4 Å². The van der Waals surface area contributed by atoms with Gasteiger partial charge in [-0.25, -0.2) is 9.36 Å². The van der Waals surface area contributed by atoms with Gasteiger partial charge in [-0.1, -0.05) is 35.5 Å². The zero-order valence-corrected chi connectivity index (χ0v) is 17.1. The topological polar surface area (TPSA) is 100 Å². The number of aromatic nitrogens is 5. The van der Waals surface area contributed by atoms with Gasteiger partial charge in [0.1, 0.15) is 11.5 Å². The minimum atomic E-state index is -0.361. The van der Waals surface area contributed by atoms with E-state index in [-0.39, 0.29) is 18.2 Å². The Hall–Kier alpha value is -3.59. The zero-order valence-electron chi connectivity index (χ0n) is 17.1. The highest BCUT2D eigenvalue weighted by molar-refractivity contribution is 5.36. The lowest BCUT2D eigenvalue weighted by molar-refractivity contribution is 0.174. The van der Waals surface area contributed by atoms with Crippen LogP contribution >= 0.6 is 0 Å². The third-order valence-corrected chi connectivity index (χ3v) is 5.06. The van der Waals surface area contributed by atoms with Crippen LogP contribution in [0.5, 0.6) is 5.88 Å². The van der Waals surface area contributed by atoms with Gasteiger partial charge >= 0.3 is 5.69 Å². The average Bonchev–Trinajstić information content (AvgIpc) is 3.38. The van der Waals surface area contributed by atoms with Crippen molar-refractivity contribution in [2.24, 2.45) is 0 Å². The summed E-state index contributed by atoms with van der Waals surface area (Å²) in [6, 6.07) is 9.59. The minimum Gasteiger partial charge on any atom is -0.493 e. The molecule has 156 valence electrons. The first kappa shape index (κ1) is 19.7. The first-order valence-corrected chi connectivity index (χ1v) is 9.50. The highest BCUT2D eigenvalue weighted by Gasteiger charge is 2.22. The van der Waals surface area contributed by atoms with E-state index in [2.05, 4.69) is 10.3 Å². The van der Waals surface area contributed by atoms with Gasteiger partial charge in [0, 0.05) is 18.9 Å². The Bertz CT molecular complexity index is 1200. The van der Waals surface area contributed by atoms with Crippen molar-refractivity contribution < 1.29 is 14.4 Å². The van der Waals surface area contributed by atoms with Gasteiger partial charge in [0.15, 0.2) is 0 Å². The predicted octanol–water partition coefficient (Wildman–Crippen LogP) is 2.39. The summed E-state index contributed by atoms with van der Waals surface area (Å²) < 4.78 is 14.9. The Balaban J connectivity index is 1.72. The van der Waals surface area contributed by atoms with E-state index in [0.29, 0.717) is 24.5 Å². The number of aryl methyl sites for hydroxylation is 2. The van der Waals surface area contributed by atoms with Gasteiger partial charge in [0.25, 0.3) is 0 Å². The number of rotatable bonds is 7. The molecule has 0 aliphatic heterocycles. The van der Waals surface area contributed by atoms with Crippen molar-refractivity contribution in [2.45, 2.75) is 33.5 Å². The molecule has 1 aromatic carbocycles. The largest absolute Gasteiger partial charge is 0.493 e. The molecule has 4 aromatic rings. The third-order valence-electron chi connectivity index (χ3n) is 5.06. The van der Waals surface area contributed by atoms with Gasteiger partial charge in [0.2, 0.25) is 5.88 Å². The van der Waals surface area contributed by atoms with E-state index in [1.165, 1.54) is 16.2 Å². The molecule has 3 heterocycles. The molecule has 3 aromatic heterocycles. The normalized spacial score (nSPS) is 11.3. The molecule has 0 saturated heterocycles. The van der Waals surface area contributed by atoms with Crippen molar-refractivity contribution >= 4 is 0 Å². The molecule has 0 amide bonds. The van der Waals surface area contributed by atoms with Crippen molar-refractivity contribution in [1.29, 1.82) is 0 Å². The Kier molecular flexibility index (Phi) is 5.28. The van der Waals surface area contributed by atoms with Gasteiger partial charge in [-0.3, -0.25) is 9.25 Å². The number of hydrogen-bond donors (Lipinski definition) is 1. The zero-order chi connectivity index (χ0) is 21.3. The van der Waals surface area contributed by atoms with Crippen molar-refractivity contribution in [3.05, 3.63) is 81.5 Å². The van der Waals surface area contributed by atoms with Crippen LogP contribution in [0.4, 0.5) is 0 Å². The Morgan fingerprint density at radius 2 is 1.93 bits per heavy atom. The fourth-order valence-corrected chi connectivity index (χ4v) is 3.46. The number of benzene rings is 1. The van der Waals surface area contributed by atoms with Crippen molar-refractivity contribution in [2.75, 3.05) is 7.11 Å². The van der Waals surface area contributed by atoms with Gasteiger partial charge in [0.05, 0.1) is 37.3 Å². The molecule has 0 fully saturated rings. The summed E-state index contributed by atoms with van der Waals surface area (Å²) in [5.74, 6) is 0.565. The summed E-state index contributed by atoms with van der Waals surface area (Å²) in [5, 5.41) is 19.1. The lowest BCUT2D eigenvalue weighted by Gasteiger charge is -2.06. The lowest BCUT2D eigenvalue weighted by atomic mass is 10.2. The average molecular weight is 409 g/mol. The number of methoxy groups -OCH3 is 1. The summed E-state index contributed by atoms with van der Waals surface area (Å²) >= 11 is 0. The van der Waals surface area contributed by atoms with Crippen LogP contribution in [0.3, 0.4) is 0 Å². The molecule has 9 nitrogen and oxygen atoms in total. The molecule has 1 N–H and O–H groups in total. The van der Waals surface area contributed by atoms with E-state index in [4.69, 9.17) is 9.26 Å². The van der Waals surface area contributed by atoms with Crippen molar-refractivity contribution in [1.82, 2.24) is 24.1 Å². The van der Waals surface area contributed by atoms with E-state index >= 15 is 0 Å². The van der Waals surface area contributed by atoms with Crippen LogP contribution in [0.1, 0.15) is 28.3 Å². The van der Waals surface area contributed by atoms with E-state index < -0.39 is 0 Å². The van der Waals surface area contributed by atoms with E-state index in [1.807, 2.05) is 44.2 Å². The summed E-state index contributed by atoms with van der Waals surface area (Å²) in [4.78, 5) is 13.2. The highest BCUT2D eigenvalue weighted by atomic mass is 16.5. The Labute approximate surface area is 172 Å². The number of nitrogens with zero attached hydrogens (tertiary/aromatic N) is 5. The molecule has 0 bridgehead atoms. The van der Waals surface area contributed by atoms with Crippen LogP contribution in [-0.4, -0.2) is 36.3 Å². The molecule has 0 aliphatic rings. The molecule has 9 heteroatoms. The smallest absolute Gasteiger partial charge is 0.336 e. The molecular weight excluding hydrogens is 386 g/mol. The Morgan fingerprint density at radius 3 is 2.60 bits per heavy atom. The molecule has 0 saturated carbocycles. The second-order valence-corrected chi connectivity index (χ2v) is 7.09. The first-order valence-electron chi connectivity index (χ1n) is 9.50. The van der Waals surface area contributed by atoms with Crippen LogP contribution in [0.2, 0.25) is 0 Å². The monoisotopic (exact) mass is 409 g/mol. The van der Waals surface area contributed by atoms with Crippen molar-refractivity contribution in [3.63, 3.8) is 0 Å². The molecule has 30 heavy (non-hydrogen) atoms. The maximum atomic E-state index is 13.2. The van der Waals surface area contributed by atoms with Crippen molar-refractivity contribution in [3.8, 4) is 11.6 Å². The number of aromatic hydroxyl groups is 1. The molecule has 4 rings (SSSR count). The molecule has 0 aliphatic carbocycles. The number of ether oxygens (including phenoxy) is 1. The Morgan fingerprint density at radius 1 is 1.17 bits per heavy atom. The maximum absolute atomic E-state index is 13.2. The van der Waals surface area contributed by atoms with Crippen LogP contribution in [0.25, 0.3) is 5.69 Å². The van der Waals surface area contributed by atoms with Crippen LogP contribution in [-0.2, 0) is 24.4 Å². The lowest BCUT2D eigenvalue weighted by Crippen LogP contribution is -2.24. The van der Waals surface area contributed by atoms with E-state index in [1.54, 1.807) is 17.1 Å². The second-order valence-electron chi connectivity index (χ2n) is 7.09. The summed E-state index contributed by atoms with van der Waals surface area (Å²) in [7, 11) is 1.52. The molecule has 0 atom stereocenters. The fourth-order valence-electron chi connectivity index (χ4n) is 3.46. The summed E-state index contributed by atoms with van der Waals surface area (Å²) in [6.45, 7) is 4.59. The summed E-state index contributed by atoms with van der Waals surface area (Å²) in [5.41, 5.74) is 3.19. The van der Waals surface area contributed by atoms with Gasteiger partial charge in [-0.15, -0.1) is 0 Å². The quantitative estimate of drug-likeness (QED) is 0.503. The van der Waals surface area contributed by atoms with E-state index in [0.717, 1.165) is 22.6 Å². The van der Waals surface area contributed by atoms with Crippen LogP contribution in [0.15, 0.2) is 52.0 Å². The molecule has 0 radical (unpaired) electrons. The number of hydrogen-bond acceptors (Lipinski definition) is 6. The van der Waals surface area contributed by atoms with E-state index in [9.17, 15) is 9.90 Å². The maximum Gasteiger partial charge on any atom is 0.336 e. The first-order chi connectivity index (χ1) is 14.5. The molecular formula is C21H23N5O4. The fraction of sp³-hybridized carbons (Fsp3) is 0.286. The molecule has 0 spiro atoms. The highest BCUT2D eigenvalue weighted by Crippen LogP contribution is 2.22.